The van der Waals surface area contributed by atoms with Crippen LogP contribution >= 0.6 is 11.3 Å². The number of pyridine rings is 1. The van der Waals surface area contributed by atoms with Crippen LogP contribution in [0.1, 0.15) is 28.6 Å². The lowest BCUT2D eigenvalue weighted by molar-refractivity contribution is 0.0728. The minimum Gasteiger partial charge on any atom is -0.380 e. The van der Waals surface area contributed by atoms with E-state index in [0.29, 0.717) is 18.0 Å². The zero-order chi connectivity index (χ0) is 23.1. The van der Waals surface area contributed by atoms with Crippen molar-refractivity contribution in [2.75, 3.05) is 37.5 Å². The molecular formula is C24H27N5O3S. The molecule has 1 saturated heterocycles. The minimum absolute atomic E-state index is 0.0318. The molecule has 3 aromatic rings. The maximum atomic E-state index is 13.0. The number of likely N-dealkylation sites (tertiary alicyclic amines) is 1. The van der Waals surface area contributed by atoms with E-state index in [1.807, 2.05) is 36.1 Å². The maximum Gasteiger partial charge on any atom is 0.321 e. The van der Waals surface area contributed by atoms with Gasteiger partial charge in [-0.3, -0.25) is 14.7 Å². The van der Waals surface area contributed by atoms with Crippen LogP contribution in [0.4, 0.5) is 21.9 Å². The molecule has 2 N–H and O–H groups in total. The number of thiophene rings is 1. The minimum atomic E-state index is -0.0941. The Hall–Kier alpha value is -3.17. The van der Waals surface area contributed by atoms with Gasteiger partial charge in [0, 0.05) is 50.9 Å². The highest BCUT2D eigenvalue weighted by Gasteiger charge is 2.31. The summed E-state index contributed by atoms with van der Waals surface area (Å²) in [5.41, 5.74) is 4.73. The summed E-state index contributed by atoms with van der Waals surface area (Å²) in [6, 6.07) is 9.87. The number of fused-ring (bicyclic) bond motifs is 2. The lowest BCUT2D eigenvalue weighted by atomic mass is 10.1. The quantitative estimate of drug-likeness (QED) is 0.608. The zero-order valence-electron chi connectivity index (χ0n) is 18.9. The van der Waals surface area contributed by atoms with Crippen LogP contribution in [0.2, 0.25) is 0 Å². The second-order valence-electron chi connectivity index (χ2n) is 8.53. The van der Waals surface area contributed by atoms with Crippen LogP contribution in [-0.2, 0) is 11.2 Å². The molecule has 172 valence electrons. The fraction of sp³-hybridized carbons (Fsp3) is 0.375. The monoisotopic (exact) mass is 465 g/mol. The molecular weight excluding hydrogens is 438 g/mol. The molecule has 4 heterocycles. The van der Waals surface area contributed by atoms with E-state index in [9.17, 15) is 9.59 Å². The average Bonchev–Trinajstić information content (AvgIpc) is 3.54. The molecule has 2 aliphatic heterocycles. The second kappa shape index (κ2) is 8.64. The van der Waals surface area contributed by atoms with Gasteiger partial charge in [0.1, 0.15) is 0 Å². The third-order valence-electron chi connectivity index (χ3n) is 6.40. The standard InChI is InChI=1S/C24H27N5O3S/c1-14-10-15-11-16(4-5-20(15)29(14)24(31)25-2)27-18-6-8-26-19-12-21(33-22(18)19)23(30)28-9-7-17(13-28)32-3/h4-6,8,11-12,14,17H,7,9-10,13H2,1-3H3,(H,25,31)(H,26,27)/t14?,17-/m0/s1. The number of benzene rings is 1. The summed E-state index contributed by atoms with van der Waals surface area (Å²) in [5, 5.41) is 6.21. The first-order valence-corrected chi connectivity index (χ1v) is 11.9. The van der Waals surface area contributed by atoms with E-state index in [2.05, 4.69) is 21.7 Å². The lowest BCUT2D eigenvalue weighted by Crippen LogP contribution is -2.41. The molecule has 1 fully saturated rings. The first kappa shape index (κ1) is 21.7. The summed E-state index contributed by atoms with van der Waals surface area (Å²) in [6.07, 6.45) is 3.54. The number of carbonyl (C=O) groups is 2. The van der Waals surface area contributed by atoms with Gasteiger partial charge in [-0.05, 0) is 55.7 Å². The van der Waals surface area contributed by atoms with Crippen molar-refractivity contribution < 1.29 is 14.3 Å². The fourth-order valence-corrected chi connectivity index (χ4v) is 5.75. The number of anilines is 3. The first-order chi connectivity index (χ1) is 16.0. The third-order valence-corrected chi connectivity index (χ3v) is 7.54. The Balaban J connectivity index is 1.40. The van der Waals surface area contributed by atoms with Gasteiger partial charge < -0.3 is 20.3 Å². The van der Waals surface area contributed by atoms with Gasteiger partial charge in [0.2, 0.25) is 0 Å². The molecule has 33 heavy (non-hydrogen) atoms. The molecule has 3 amide bonds. The van der Waals surface area contributed by atoms with Gasteiger partial charge in [-0.2, -0.15) is 0 Å². The van der Waals surface area contributed by atoms with Gasteiger partial charge in [0.05, 0.1) is 26.9 Å². The molecule has 2 aromatic heterocycles. The van der Waals surface area contributed by atoms with Crippen molar-refractivity contribution in [1.29, 1.82) is 0 Å². The summed E-state index contributed by atoms with van der Waals surface area (Å²) in [5.74, 6) is 0.0318. The first-order valence-electron chi connectivity index (χ1n) is 11.1. The second-order valence-corrected chi connectivity index (χ2v) is 9.58. The number of hydrogen-bond donors (Lipinski definition) is 2. The van der Waals surface area contributed by atoms with Gasteiger partial charge in [-0.25, -0.2) is 4.79 Å². The molecule has 1 unspecified atom stereocenters. The van der Waals surface area contributed by atoms with Gasteiger partial charge >= 0.3 is 6.03 Å². The largest absolute Gasteiger partial charge is 0.380 e. The number of carbonyl (C=O) groups excluding carboxylic acids is 2. The highest BCUT2D eigenvalue weighted by molar-refractivity contribution is 7.21. The average molecular weight is 466 g/mol. The Labute approximate surface area is 196 Å². The number of urea groups is 1. The van der Waals surface area contributed by atoms with Crippen LogP contribution in [0.3, 0.4) is 0 Å². The van der Waals surface area contributed by atoms with Gasteiger partial charge in [-0.1, -0.05) is 0 Å². The predicted octanol–water partition coefficient (Wildman–Crippen LogP) is 3.99. The van der Waals surface area contributed by atoms with Gasteiger partial charge in [0.15, 0.2) is 0 Å². The molecule has 9 heteroatoms. The molecule has 0 aliphatic carbocycles. The van der Waals surface area contributed by atoms with Crippen LogP contribution < -0.4 is 15.5 Å². The summed E-state index contributed by atoms with van der Waals surface area (Å²) < 4.78 is 6.35. The van der Waals surface area contributed by atoms with E-state index in [4.69, 9.17) is 4.74 Å². The van der Waals surface area contributed by atoms with E-state index in [1.54, 1.807) is 25.3 Å². The van der Waals surface area contributed by atoms with E-state index in [-0.39, 0.29) is 24.1 Å². The zero-order valence-corrected chi connectivity index (χ0v) is 19.7. The topological polar surface area (TPSA) is 86.8 Å². The number of hydrogen-bond acceptors (Lipinski definition) is 6. The number of nitrogens with one attached hydrogen (secondary N) is 2. The Morgan fingerprint density at radius 2 is 2.09 bits per heavy atom. The van der Waals surface area contributed by atoms with E-state index < -0.39 is 0 Å². The van der Waals surface area contributed by atoms with Crippen molar-refractivity contribution in [1.82, 2.24) is 15.2 Å². The van der Waals surface area contributed by atoms with Crippen LogP contribution in [0.25, 0.3) is 10.2 Å². The van der Waals surface area contributed by atoms with E-state index >= 15 is 0 Å². The molecule has 0 saturated carbocycles. The molecule has 2 aliphatic rings. The number of amides is 3. The van der Waals surface area contributed by atoms with Crippen molar-refractivity contribution in [3.8, 4) is 0 Å². The summed E-state index contributed by atoms with van der Waals surface area (Å²) in [7, 11) is 3.34. The van der Waals surface area contributed by atoms with E-state index in [0.717, 1.165) is 45.7 Å². The van der Waals surface area contributed by atoms with Gasteiger partial charge in [-0.15, -0.1) is 11.3 Å². The Bertz CT molecular complexity index is 1230. The Morgan fingerprint density at radius 1 is 1.24 bits per heavy atom. The number of nitrogens with zero attached hydrogens (tertiary/aromatic N) is 3. The van der Waals surface area contributed by atoms with Crippen LogP contribution in [0.5, 0.6) is 0 Å². The van der Waals surface area contributed by atoms with Crippen LogP contribution in [0, 0.1) is 0 Å². The lowest BCUT2D eigenvalue weighted by Gasteiger charge is -2.22. The Morgan fingerprint density at radius 3 is 2.85 bits per heavy atom. The van der Waals surface area contributed by atoms with Crippen molar-refractivity contribution in [2.24, 2.45) is 0 Å². The highest BCUT2D eigenvalue weighted by Crippen LogP contribution is 2.37. The highest BCUT2D eigenvalue weighted by atomic mass is 32.1. The molecule has 0 bridgehead atoms. The normalized spacial score (nSPS) is 19.7. The summed E-state index contributed by atoms with van der Waals surface area (Å²) in [6.45, 7) is 3.39. The maximum absolute atomic E-state index is 13.0. The molecule has 5 rings (SSSR count). The van der Waals surface area contributed by atoms with Crippen molar-refractivity contribution in [3.63, 3.8) is 0 Å². The van der Waals surface area contributed by atoms with Crippen molar-refractivity contribution >= 4 is 50.6 Å². The smallest absolute Gasteiger partial charge is 0.321 e. The molecule has 0 spiro atoms. The SMILES string of the molecule is CNC(=O)N1c2ccc(Nc3ccnc4cc(C(=O)N5CC[C@H](OC)C5)sc34)cc2CC1C. The van der Waals surface area contributed by atoms with Crippen molar-refractivity contribution in [3.05, 3.63) is 47.0 Å². The van der Waals surface area contributed by atoms with E-state index in [1.165, 1.54) is 11.3 Å². The number of methoxy groups -OCH3 is 1. The number of ether oxygens (including phenoxy) is 1. The predicted molar refractivity (Wildman–Crippen MR) is 131 cm³/mol. The number of rotatable bonds is 4. The fourth-order valence-electron chi connectivity index (χ4n) is 4.70. The summed E-state index contributed by atoms with van der Waals surface area (Å²) in [4.78, 5) is 34.1. The van der Waals surface area contributed by atoms with Crippen LogP contribution in [-0.4, -0.2) is 61.2 Å². The molecule has 8 nitrogen and oxygen atoms in total. The summed E-state index contributed by atoms with van der Waals surface area (Å²) >= 11 is 1.46. The molecule has 2 atom stereocenters. The van der Waals surface area contributed by atoms with Gasteiger partial charge in [0.25, 0.3) is 5.91 Å². The molecule has 1 aromatic carbocycles. The third kappa shape index (κ3) is 3.91. The van der Waals surface area contributed by atoms with Crippen molar-refractivity contribution in [2.45, 2.75) is 31.9 Å². The number of aromatic nitrogens is 1. The molecule has 0 radical (unpaired) electrons. The van der Waals surface area contributed by atoms with Crippen LogP contribution in [0.15, 0.2) is 36.5 Å². The Kier molecular flexibility index (Phi) is 5.67.